The van der Waals surface area contributed by atoms with Gasteiger partial charge in [0.05, 0.1) is 31.9 Å². The summed E-state index contributed by atoms with van der Waals surface area (Å²) in [5.74, 6) is 7.28. The zero-order valence-corrected chi connectivity index (χ0v) is 27.9. The summed E-state index contributed by atoms with van der Waals surface area (Å²) >= 11 is 5.87. The van der Waals surface area contributed by atoms with Crippen molar-refractivity contribution < 1.29 is 14.3 Å². The first kappa shape index (κ1) is 33.8. The summed E-state index contributed by atoms with van der Waals surface area (Å²) in [5.41, 5.74) is 10.0. The topological polar surface area (TPSA) is 125 Å². The molecular weight excluding hydrogens is 640 g/mol. The number of morpholine rings is 1. The summed E-state index contributed by atoms with van der Waals surface area (Å²) < 4.78 is 13.1. The minimum absolute atomic E-state index is 0.113. The number of carbonyl (C=O) groups is 1. The van der Waals surface area contributed by atoms with Gasteiger partial charge in [-0.2, -0.15) is 0 Å². The van der Waals surface area contributed by atoms with Crippen molar-refractivity contribution in [2.75, 3.05) is 44.4 Å². The van der Waals surface area contributed by atoms with E-state index in [0.29, 0.717) is 48.2 Å². The summed E-state index contributed by atoms with van der Waals surface area (Å²) in [6, 6.07) is 19.0. The van der Waals surface area contributed by atoms with Crippen LogP contribution in [0.25, 0.3) is 10.9 Å². The van der Waals surface area contributed by atoms with Crippen LogP contribution in [0.1, 0.15) is 52.1 Å². The summed E-state index contributed by atoms with van der Waals surface area (Å²) in [7, 11) is 0. The van der Waals surface area contributed by atoms with Gasteiger partial charge in [0.25, 0.3) is 5.56 Å². The second-order valence-corrected chi connectivity index (χ2v) is 12.1. The maximum Gasteiger partial charge on any atom is 0.261 e. The molecule has 10 nitrogen and oxygen atoms in total. The first-order valence-electron chi connectivity index (χ1n) is 16.3. The molecule has 250 valence electrons. The number of Topliss-reactive ketones (excluding diaryl/α,β-unsaturated/α-hetero) is 1. The van der Waals surface area contributed by atoms with Crippen LogP contribution in [0.4, 0.5) is 5.69 Å². The molecule has 4 heterocycles. The van der Waals surface area contributed by atoms with Crippen molar-refractivity contribution in [1.82, 2.24) is 19.5 Å². The lowest BCUT2D eigenvalue weighted by molar-refractivity contribution is 0.0982. The number of halogens is 1. The Morgan fingerprint density at radius 3 is 2.61 bits per heavy atom. The third-order valence-electron chi connectivity index (χ3n) is 8.15. The number of hydrogen-bond acceptors (Lipinski definition) is 9. The van der Waals surface area contributed by atoms with Crippen molar-refractivity contribution in [2.24, 2.45) is 5.73 Å². The van der Waals surface area contributed by atoms with Gasteiger partial charge in [-0.15, -0.1) is 0 Å². The Morgan fingerprint density at radius 1 is 1.02 bits per heavy atom. The van der Waals surface area contributed by atoms with E-state index in [1.165, 1.54) is 10.3 Å². The smallest absolute Gasteiger partial charge is 0.261 e. The average Bonchev–Trinajstić information content (AvgIpc) is 3.13. The third-order valence-corrected chi connectivity index (χ3v) is 8.37. The van der Waals surface area contributed by atoms with Gasteiger partial charge < -0.3 is 24.7 Å². The molecule has 0 saturated carbocycles. The zero-order chi connectivity index (χ0) is 34.0. The highest BCUT2D eigenvalue weighted by atomic mass is 35.5. The summed E-state index contributed by atoms with van der Waals surface area (Å²) in [6.45, 7) is 4.53. The van der Waals surface area contributed by atoms with E-state index in [0.717, 1.165) is 48.4 Å². The van der Waals surface area contributed by atoms with E-state index in [1.807, 2.05) is 12.1 Å². The highest BCUT2D eigenvalue weighted by Gasteiger charge is 2.14. The standard InChI is InChI=1S/C38H37ClN6O4/c39-35-13-10-29(24-41-35)26-45-15-3-6-32(38(45)47)33(46)7-2-1-5-28-21-30-25-42-36(43-37(30)34(22-28)49-18-4-14-40)23-27-8-11-31(12-9-27)44-16-19-48-20-17-44/h3,6,8-13,15,21-22,24-25H,2,4,7,14,16-20,23,26,40H2. The van der Waals surface area contributed by atoms with Crippen molar-refractivity contribution in [1.29, 1.82) is 0 Å². The van der Waals surface area contributed by atoms with E-state index in [2.05, 4.69) is 51.0 Å². The molecule has 1 fully saturated rings. The molecule has 2 N–H and O–H groups in total. The third kappa shape index (κ3) is 8.89. The Bertz CT molecular complexity index is 2030. The molecule has 3 aromatic heterocycles. The molecule has 5 aromatic rings. The van der Waals surface area contributed by atoms with Crippen molar-refractivity contribution >= 4 is 34.0 Å². The van der Waals surface area contributed by atoms with Gasteiger partial charge in [0, 0.05) is 67.6 Å². The monoisotopic (exact) mass is 676 g/mol. The number of ketones is 1. The lowest BCUT2D eigenvalue weighted by Crippen LogP contribution is -2.36. The number of hydrogen-bond donors (Lipinski definition) is 1. The SMILES string of the molecule is NCCCOc1cc(C#CCCC(=O)c2cccn(Cc3ccc(Cl)nc3)c2=O)cc2cnc(Cc3ccc(N4CCOCC4)cc3)nc12. The van der Waals surface area contributed by atoms with Crippen LogP contribution in [-0.4, -0.2) is 64.8 Å². The Labute approximate surface area is 289 Å². The first-order valence-corrected chi connectivity index (χ1v) is 16.7. The molecule has 0 bridgehead atoms. The van der Waals surface area contributed by atoms with E-state index in [4.69, 9.17) is 31.8 Å². The normalized spacial score (nSPS) is 12.8. The van der Waals surface area contributed by atoms with Crippen molar-refractivity contribution in [3.63, 3.8) is 0 Å². The van der Waals surface area contributed by atoms with Gasteiger partial charge in [0.1, 0.15) is 22.2 Å². The fraction of sp³-hybridized carbons (Fsp3) is 0.289. The predicted octanol–water partition coefficient (Wildman–Crippen LogP) is 5.06. The molecule has 0 spiro atoms. The number of ether oxygens (including phenoxy) is 2. The summed E-state index contributed by atoms with van der Waals surface area (Å²) in [4.78, 5) is 41.9. The number of anilines is 1. The van der Waals surface area contributed by atoms with E-state index in [1.54, 1.807) is 42.9 Å². The van der Waals surface area contributed by atoms with Crippen LogP contribution in [0.5, 0.6) is 5.75 Å². The number of benzene rings is 2. The lowest BCUT2D eigenvalue weighted by Gasteiger charge is -2.28. The maximum atomic E-state index is 13.0. The Morgan fingerprint density at radius 2 is 1.84 bits per heavy atom. The molecule has 2 aromatic carbocycles. The zero-order valence-electron chi connectivity index (χ0n) is 27.1. The van der Waals surface area contributed by atoms with Crippen LogP contribution in [0.2, 0.25) is 5.15 Å². The average molecular weight is 677 g/mol. The highest BCUT2D eigenvalue weighted by molar-refractivity contribution is 6.29. The van der Waals surface area contributed by atoms with Gasteiger partial charge in [0.15, 0.2) is 5.78 Å². The molecule has 1 saturated heterocycles. The maximum absolute atomic E-state index is 13.0. The molecule has 0 amide bonds. The fourth-order valence-corrected chi connectivity index (χ4v) is 5.67. The molecule has 11 heteroatoms. The molecular formula is C38H37ClN6O4. The number of rotatable bonds is 12. The van der Waals surface area contributed by atoms with Gasteiger partial charge in [-0.3, -0.25) is 9.59 Å². The van der Waals surface area contributed by atoms with Crippen LogP contribution in [-0.2, 0) is 17.7 Å². The van der Waals surface area contributed by atoms with Crippen LogP contribution in [0.15, 0.2) is 84.0 Å². The largest absolute Gasteiger partial charge is 0.491 e. The van der Waals surface area contributed by atoms with Gasteiger partial charge in [-0.25, -0.2) is 15.0 Å². The van der Waals surface area contributed by atoms with E-state index in [-0.39, 0.29) is 36.3 Å². The Balaban J connectivity index is 1.13. The number of fused-ring (bicyclic) bond motifs is 1. The number of nitrogens with two attached hydrogens (primary N) is 1. The molecule has 0 unspecified atom stereocenters. The Kier molecular flexibility index (Phi) is 11.3. The minimum Gasteiger partial charge on any atom is -0.491 e. The second kappa shape index (κ2) is 16.3. The molecule has 6 rings (SSSR count). The minimum atomic E-state index is -0.353. The quantitative estimate of drug-likeness (QED) is 0.0836. The number of aromatic nitrogens is 4. The number of nitrogens with zero attached hydrogens (tertiary/aromatic N) is 5. The summed E-state index contributed by atoms with van der Waals surface area (Å²) in [6.07, 6.45) is 6.74. The molecule has 0 atom stereocenters. The number of pyridine rings is 2. The lowest BCUT2D eigenvalue weighted by atomic mass is 10.1. The second-order valence-electron chi connectivity index (χ2n) is 11.7. The van der Waals surface area contributed by atoms with Crippen LogP contribution in [0, 0.1) is 11.8 Å². The number of carbonyl (C=O) groups excluding carboxylic acids is 1. The summed E-state index contributed by atoms with van der Waals surface area (Å²) in [5, 5.41) is 1.18. The molecule has 0 radical (unpaired) electrons. The van der Waals surface area contributed by atoms with Gasteiger partial charge in [0.2, 0.25) is 0 Å². The Hall–Kier alpha value is -5.08. The van der Waals surface area contributed by atoms with Gasteiger partial charge >= 0.3 is 0 Å². The van der Waals surface area contributed by atoms with Crippen LogP contribution < -0.4 is 20.9 Å². The van der Waals surface area contributed by atoms with E-state index in [9.17, 15) is 9.59 Å². The van der Waals surface area contributed by atoms with E-state index < -0.39 is 0 Å². The fourth-order valence-electron chi connectivity index (χ4n) is 5.56. The van der Waals surface area contributed by atoms with Crippen LogP contribution >= 0.6 is 11.6 Å². The molecule has 49 heavy (non-hydrogen) atoms. The molecule has 1 aliphatic heterocycles. The predicted molar refractivity (Wildman–Crippen MR) is 190 cm³/mol. The molecule has 1 aliphatic rings. The molecule has 0 aliphatic carbocycles. The van der Waals surface area contributed by atoms with Crippen molar-refractivity contribution in [3.8, 4) is 17.6 Å². The van der Waals surface area contributed by atoms with Crippen molar-refractivity contribution in [3.05, 3.63) is 123 Å². The van der Waals surface area contributed by atoms with Gasteiger partial charge in [-0.05, 0) is 66.6 Å². The van der Waals surface area contributed by atoms with Crippen molar-refractivity contribution in [2.45, 2.75) is 32.2 Å². The van der Waals surface area contributed by atoms with E-state index >= 15 is 0 Å². The first-order chi connectivity index (χ1) is 24.0. The highest BCUT2D eigenvalue weighted by Crippen LogP contribution is 2.27. The van der Waals surface area contributed by atoms with Gasteiger partial charge in [-0.1, -0.05) is 41.6 Å². The van der Waals surface area contributed by atoms with Crippen LogP contribution in [0.3, 0.4) is 0 Å².